The van der Waals surface area contributed by atoms with Gasteiger partial charge in [0.25, 0.3) is 0 Å². The lowest BCUT2D eigenvalue weighted by Gasteiger charge is -2.37. The Balaban J connectivity index is 1.56. The molecule has 0 aromatic heterocycles. The first-order chi connectivity index (χ1) is 14.0. The van der Waals surface area contributed by atoms with Crippen LogP contribution in [0.3, 0.4) is 0 Å². The van der Waals surface area contributed by atoms with Crippen LogP contribution in [0.25, 0.3) is 0 Å². The molecule has 2 atom stereocenters. The van der Waals surface area contributed by atoms with E-state index in [1.165, 1.54) is 31.4 Å². The molecule has 0 N–H and O–H groups in total. The van der Waals surface area contributed by atoms with Crippen LogP contribution < -0.4 is 0 Å². The number of benzene rings is 2. The molecule has 1 aliphatic heterocycles. The van der Waals surface area contributed by atoms with Gasteiger partial charge in [-0.3, -0.25) is 9.59 Å². The van der Waals surface area contributed by atoms with Crippen molar-refractivity contribution in [1.82, 2.24) is 4.90 Å². The number of hydrogen-bond acceptors (Lipinski definition) is 4. The first-order valence-corrected chi connectivity index (χ1v) is 10.2. The monoisotopic (exact) mass is 417 g/mol. The fourth-order valence-electron chi connectivity index (χ4n) is 3.97. The fraction of sp³-hybridized carbons (Fsp3) is 0.391. The van der Waals surface area contributed by atoms with Gasteiger partial charge in [0.2, 0.25) is 0 Å². The second-order valence-electron chi connectivity index (χ2n) is 7.41. The maximum absolute atomic E-state index is 13.0. The van der Waals surface area contributed by atoms with E-state index in [1.807, 2.05) is 24.3 Å². The van der Waals surface area contributed by atoms with Crippen LogP contribution in [0.15, 0.2) is 48.5 Å². The highest BCUT2D eigenvalue weighted by Gasteiger charge is 2.35. The second kappa shape index (κ2) is 9.99. The van der Waals surface area contributed by atoms with Crippen LogP contribution in [0.4, 0.5) is 4.39 Å². The molecular formula is C23H25ClFNO3. The van der Waals surface area contributed by atoms with Gasteiger partial charge in [0.05, 0.1) is 13.0 Å². The summed E-state index contributed by atoms with van der Waals surface area (Å²) in [6, 6.07) is 13.3. The summed E-state index contributed by atoms with van der Waals surface area (Å²) in [5.41, 5.74) is 1.62. The van der Waals surface area contributed by atoms with Crippen molar-refractivity contribution < 1.29 is 18.7 Å². The van der Waals surface area contributed by atoms with Crippen molar-refractivity contribution in [3.8, 4) is 0 Å². The first-order valence-electron chi connectivity index (χ1n) is 9.82. The van der Waals surface area contributed by atoms with Crippen LogP contribution in [0, 0.1) is 11.7 Å². The third kappa shape index (κ3) is 5.64. The highest BCUT2D eigenvalue weighted by molar-refractivity contribution is 6.30. The summed E-state index contributed by atoms with van der Waals surface area (Å²) in [5.74, 6) is -0.707. The van der Waals surface area contributed by atoms with E-state index in [-0.39, 0.29) is 29.4 Å². The van der Waals surface area contributed by atoms with Crippen molar-refractivity contribution >= 4 is 23.4 Å². The second-order valence-corrected chi connectivity index (χ2v) is 7.85. The molecule has 1 heterocycles. The number of methoxy groups -OCH3 is 1. The number of hydrogen-bond donors (Lipinski definition) is 0. The van der Waals surface area contributed by atoms with E-state index >= 15 is 0 Å². The molecule has 0 aliphatic carbocycles. The number of ketones is 1. The van der Waals surface area contributed by atoms with Crippen molar-refractivity contribution in [3.63, 3.8) is 0 Å². The Kier molecular flexibility index (Phi) is 7.40. The van der Waals surface area contributed by atoms with Crippen molar-refractivity contribution in [1.29, 1.82) is 0 Å². The highest BCUT2D eigenvalue weighted by atomic mass is 35.5. The third-order valence-electron chi connectivity index (χ3n) is 5.54. The van der Waals surface area contributed by atoms with E-state index in [0.29, 0.717) is 30.0 Å². The number of rotatable bonds is 7. The Morgan fingerprint density at radius 1 is 1.14 bits per heavy atom. The predicted octanol–water partition coefficient (Wildman–Crippen LogP) is 4.72. The Hall–Kier alpha value is -2.24. The molecule has 0 saturated carbocycles. The number of carbonyl (C=O) groups excluding carboxylic acids is 2. The smallest absolute Gasteiger partial charge is 0.310 e. The number of carbonyl (C=O) groups is 2. The lowest BCUT2D eigenvalue weighted by Crippen LogP contribution is -2.43. The number of esters is 1. The van der Waals surface area contributed by atoms with Crippen molar-refractivity contribution in [2.75, 3.05) is 26.7 Å². The summed E-state index contributed by atoms with van der Waals surface area (Å²) in [6.45, 7) is 2.18. The van der Waals surface area contributed by atoms with E-state index in [9.17, 15) is 14.0 Å². The van der Waals surface area contributed by atoms with Gasteiger partial charge in [-0.15, -0.1) is 0 Å². The Morgan fingerprint density at radius 3 is 2.48 bits per heavy atom. The van der Waals surface area contributed by atoms with Crippen LogP contribution in [0.5, 0.6) is 0 Å². The van der Waals surface area contributed by atoms with Gasteiger partial charge in [0.1, 0.15) is 5.82 Å². The van der Waals surface area contributed by atoms with E-state index in [1.54, 1.807) is 0 Å². The average Bonchev–Trinajstić information content (AvgIpc) is 2.74. The molecule has 3 rings (SSSR count). The normalized spacial score (nSPS) is 19.7. The van der Waals surface area contributed by atoms with Gasteiger partial charge in [0, 0.05) is 23.6 Å². The molecule has 0 radical (unpaired) electrons. The van der Waals surface area contributed by atoms with Crippen LogP contribution in [0.2, 0.25) is 5.02 Å². The molecule has 0 amide bonds. The highest BCUT2D eigenvalue weighted by Crippen LogP contribution is 2.34. The molecule has 2 unspecified atom stereocenters. The first kappa shape index (κ1) is 21.5. The average molecular weight is 418 g/mol. The van der Waals surface area contributed by atoms with Crippen molar-refractivity contribution in [2.24, 2.45) is 5.92 Å². The minimum Gasteiger partial charge on any atom is -0.469 e. The van der Waals surface area contributed by atoms with Gasteiger partial charge in [-0.1, -0.05) is 23.7 Å². The molecule has 0 bridgehead atoms. The SMILES string of the molecule is COC(=O)C1CN(CCCC(=O)c2ccc(F)cc2)CCC1c1ccc(Cl)cc1. The van der Waals surface area contributed by atoms with Gasteiger partial charge in [-0.25, -0.2) is 4.39 Å². The molecule has 1 saturated heterocycles. The molecule has 154 valence electrons. The summed E-state index contributed by atoms with van der Waals surface area (Å²) >= 11 is 5.99. The fourth-order valence-corrected chi connectivity index (χ4v) is 4.09. The summed E-state index contributed by atoms with van der Waals surface area (Å²) < 4.78 is 18.0. The Labute approximate surface area is 175 Å². The zero-order chi connectivity index (χ0) is 20.8. The largest absolute Gasteiger partial charge is 0.469 e. The van der Waals surface area contributed by atoms with Crippen LogP contribution in [0.1, 0.15) is 41.1 Å². The zero-order valence-electron chi connectivity index (χ0n) is 16.4. The number of likely N-dealkylation sites (tertiary alicyclic amines) is 1. The molecule has 2 aromatic rings. The molecule has 4 nitrogen and oxygen atoms in total. The molecule has 1 fully saturated rings. The minimum absolute atomic E-state index is 0.00516. The number of halogens is 2. The Bertz CT molecular complexity index is 838. The Morgan fingerprint density at radius 2 is 1.83 bits per heavy atom. The van der Waals surface area contributed by atoms with Gasteiger partial charge in [0.15, 0.2) is 5.78 Å². The molecule has 1 aliphatic rings. The minimum atomic E-state index is -0.348. The maximum Gasteiger partial charge on any atom is 0.310 e. The number of ether oxygens (including phenoxy) is 1. The van der Waals surface area contributed by atoms with Gasteiger partial charge in [-0.2, -0.15) is 0 Å². The topological polar surface area (TPSA) is 46.6 Å². The summed E-state index contributed by atoms with van der Waals surface area (Å²) in [5, 5.41) is 0.673. The predicted molar refractivity (Wildman–Crippen MR) is 111 cm³/mol. The lowest BCUT2D eigenvalue weighted by atomic mass is 9.80. The number of piperidine rings is 1. The summed E-state index contributed by atoms with van der Waals surface area (Å²) in [7, 11) is 1.42. The standard InChI is InChI=1S/C23H25ClFNO3/c1-29-23(28)21-15-26(14-12-20(21)16-4-8-18(24)9-5-16)13-2-3-22(27)17-6-10-19(25)11-7-17/h4-11,20-21H,2-3,12-15H2,1H3. The maximum atomic E-state index is 13.0. The number of Topliss-reactive ketones (excluding diaryl/α,β-unsaturated/α-hetero) is 1. The van der Waals surface area contributed by atoms with Gasteiger partial charge >= 0.3 is 5.97 Å². The summed E-state index contributed by atoms with van der Waals surface area (Å²) in [4.78, 5) is 26.9. The van der Waals surface area contributed by atoms with Gasteiger partial charge < -0.3 is 9.64 Å². The number of nitrogens with zero attached hydrogens (tertiary/aromatic N) is 1. The van der Waals surface area contributed by atoms with E-state index in [0.717, 1.165) is 25.1 Å². The van der Waals surface area contributed by atoms with Crippen LogP contribution >= 0.6 is 11.6 Å². The molecular weight excluding hydrogens is 393 g/mol. The van der Waals surface area contributed by atoms with E-state index in [4.69, 9.17) is 16.3 Å². The third-order valence-corrected chi connectivity index (χ3v) is 5.80. The van der Waals surface area contributed by atoms with Crippen LogP contribution in [-0.4, -0.2) is 43.4 Å². The van der Waals surface area contributed by atoms with Crippen molar-refractivity contribution in [3.05, 3.63) is 70.5 Å². The van der Waals surface area contributed by atoms with Crippen LogP contribution in [-0.2, 0) is 9.53 Å². The van der Waals surface area contributed by atoms with E-state index < -0.39 is 0 Å². The van der Waals surface area contributed by atoms with Crippen molar-refractivity contribution in [2.45, 2.75) is 25.2 Å². The van der Waals surface area contributed by atoms with E-state index in [2.05, 4.69) is 4.90 Å². The summed E-state index contributed by atoms with van der Waals surface area (Å²) in [6.07, 6.45) is 1.93. The lowest BCUT2D eigenvalue weighted by molar-refractivity contribution is -0.148. The molecule has 29 heavy (non-hydrogen) atoms. The van der Waals surface area contributed by atoms with Gasteiger partial charge in [-0.05, 0) is 73.8 Å². The molecule has 6 heteroatoms. The quantitative estimate of drug-likeness (QED) is 0.483. The zero-order valence-corrected chi connectivity index (χ0v) is 17.2. The molecule has 2 aromatic carbocycles. The molecule has 0 spiro atoms.